The SMILES string of the molecule is Cc1cc(NC(=O)c2ccc(Cl)s2)ccc1N1C(=O)CCC1=O. The predicted molar refractivity (Wildman–Crippen MR) is 90.2 cm³/mol. The molecule has 0 aliphatic carbocycles. The number of nitrogens with zero attached hydrogens (tertiary/aromatic N) is 1. The van der Waals surface area contributed by atoms with Crippen molar-refractivity contribution < 1.29 is 14.4 Å². The van der Waals surface area contributed by atoms with Gasteiger partial charge in [-0.2, -0.15) is 0 Å². The van der Waals surface area contributed by atoms with E-state index in [1.807, 2.05) is 0 Å². The Bertz CT molecular complexity index is 799. The number of amides is 3. The lowest BCUT2D eigenvalue weighted by Gasteiger charge is -2.17. The van der Waals surface area contributed by atoms with Crippen LogP contribution in [0, 0.1) is 6.92 Å². The number of hydrogen-bond acceptors (Lipinski definition) is 4. The largest absolute Gasteiger partial charge is 0.321 e. The van der Waals surface area contributed by atoms with Crippen molar-refractivity contribution in [1.82, 2.24) is 0 Å². The Balaban J connectivity index is 1.81. The Morgan fingerprint density at radius 1 is 1.17 bits per heavy atom. The molecule has 1 fully saturated rings. The van der Waals surface area contributed by atoms with Crippen molar-refractivity contribution in [3.05, 3.63) is 45.1 Å². The normalized spacial score (nSPS) is 14.4. The molecule has 5 nitrogen and oxygen atoms in total. The van der Waals surface area contributed by atoms with Crippen LogP contribution in [-0.4, -0.2) is 17.7 Å². The van der Waals surface area contributed by atoms with Crippen LogP contribution < -0.4 is 10.2 Å². The Labute approximate surface area is 141 Å². The number of rotatable bonds is 3. The lowest BCUT2D eigenvalue weighted by Crippen LogP contribution is -2.29. The molecule has 0 atom stereocenters. The number of nitrogens with one attached hydrogen (secondary N) is 1. The van der Waals surface area contributed by atoms with Gasteiger partial charge >= 0.3 is 0 Å². The highest BCUT2D eigenvalue weighted by molar-refractivity contribution is 7.18. The minimum atomic E-state index is -0.248. The van der Waals surface area contributed by atoms with E-state index in [4.69, 9.17) is 11.6 Å². The number of anilines is 2. The van der Waals surface area contributed by atoms with Gasteiger partial charge in [0.05, 0.1) is 14.9 Å². The van der Waals surface area contributed by atoms with Crippen molar-refractivity contribution in [1.29, 1.82) is 0 Å². The summed E-state index contributed by atoms with van der Waals surface area (Å²) in [5.41, 5.74) is 1.91. The molecule has 0 radical (unpaired) electrons. The fourth-order valence-corrected chi connectivity index (χ4v) is 3.40. The smallest absolute Gasteiger partial charge is 0.265 e. The Hall–Kier alpha value is -2.18. The molecule has 1 N–H and O–H groups in total. The summed E-state index contributed by atoms with van der Waals surface area (Å²) < 4.78 is 0.549. The van der Waals surface area contributed by atoms with Crippen LogP contribution in [0.5, 0.6) is 0 Å². The maximum absolute atomic E-state index is 12.1. The topological polar surface area (TPSA) is 66.5 Å². The van der Waals surface area contributed by atoms with E-state index < -0.39 is 0 Å². The second-order valence-electron chi connectivity index (χ2n) is 5.18. The molecule has 3 amide bonds. The first-order valence-corrected chi connectivity index (χ1v) is 8.18. The fraction of sp³-hybridized carbons (Fsp3) is 0.188. The Morgan fingerprint density at radius 3 is 2.43 bits per heavy atom. The molecule has 1 aromatic carbocycles. The summed E-state index contributed by atoms with van der Waals surface area (Å²) >= 11 is 7.02. The molecule has 2 aromatic rings. The zero-order valence-corrected chi connectivity index (χ0v) is 13.8. The number of aryl methyl sites for hydroxylation is 1. The Kier molecular flexibility index (Phi) is 4.19. The van der Waals surface area contributed by atoms with Gasteiger partial charge < -0.3 is 5.32 Å². The van der Waals surface area contributed by atoms with Crippen LogP contribution in [0.2, 0.25) is 4.34 Å². The first-order valence-electron chi connectivity index (χ1n) is 6.99. The van der Waals surface area contributed by atoms with Gasteiger partial charge in [-0.15, -0.1) is 11.3 Å². The molecule has 0 spiro atoms. The molecule has 1 aliphatic rings. The second-order valence-corrected chi connectivity index (χ2v) is 6.90. The monoisotopic (exact) mass is 348 g/mol. The van der Waals surface area contributed by atoms with Gasteiger partial charge in [-0.1, -0.05) is 11.6 Å². The summed E-state index contributed by atoms with van der Waals surface area (Å²) in [6.07, 6.45) is 0.492. The maximum Gasteiger partial charge on any atom is 0.265 e. The van der Waals surface area contributed by atoms with Crippen molar-refractivity contribution >= 4 is 52.0 Å². The average Bonchev–Trinajstić information content (AvgIpc) is 3.07. The third-order valence-electron chi connectivity index (χ3n) is 3.54. The molecule has 0 unspecified atom stereocenters. The molecule has 2 heterocycles. The summed E-state index contributed by atoms with van der Waals surface area (Å²) in [5.74, 6) is -0.631. The van der Waals surface area contributed by atoms with Gasteiger partial charge in [0.1, 0.15) is 0 Å². The Morgan fingerprint density at radius 2 is 1.87 bits per heavy atom. The summed E-state index contributed by atoms with van der Waals surface area (Å²) in [7, 11) is 0. The highest BCUT2D eigenvalue weighted by Crippen LogP contribution is 2.29. The highest BCUT2D eigenvalue weighted by Gasteiger charge is 2.31. The standard InChI is InChI=1S/C16H13ClN2O3S/c1-9-8-10(18-16(22)12-4-5-13(17)23-12)2-3-11(9)19-14(20)6-7-15(19)21/h2-5,8H,6-7H2,1H3,(H,18,22). The molecule has 1 saturated heterocycles. The number of imide groups is 1. The first kappa shape index (κ1) is 15.7. The molecule has 3 rings (SSSR count). The van der Waals surface area contributed by atoms with Gasteiger partial charge in [0.2, 0.25) is 11.8 Å². The van der Waals surface area contributed by atoms with E-state index in [0.29, 0.717) is 20.6 Å². The van der Waals surface area contributed by atoms with Crippen LogP contribution in [0.1, 0.15) is 28.1 Å². The van der Waals surface area contributed by atoms with E-state index >= 15 is 0 Å². The van der Waals surface area contributed by atoms with E-state index in [2.05, 4.69) is 5.32 Å². The second kappa shape index (κ2) is 6.14. The predicted octanol–water partition coefficient (Wildman–Crippen LogP) is 3.62. The average molecular weight is 349 g/mol. The van der Waals surface area contributed by atoms with Crippen LogP contribution in [-0.2, 0) is 9.59 Å². The molecular formula is C16H13ClN2O3S. The molecule has 118 valence electrons. The van der Waals surface area contributed by atoms with Crippen LogP contribution in [0.25, 0.3) is 0 Å². The zero-order chi connectivity index (χ0) is 16.6. The van der Waals surface area contributed by atoms with Gasteiger partial charge in [0.15, 0.2) is 0 Å². The number of carbonyl (C=O) groups excluding carboxylic acids is 3. The summed E-state index contributed by atoms with van der Waals surface area (Å²) in [6, 6.07) is 8.41. The molecule has 0 saturated carbocycles. The van der Waals surface area contributed by atoms with Gasteiger partial charge in [-0.3, -0.25) is 19.3 Å². The fourth-order valence-electron chi connectivity index (χ4n) is 2.46. The summed E-state index contributed by atoms with van der Waals surface area (Å²) in [5, 5.41) is 2.78. The van der Waals surface area contributed by atoms with E-state index in [-0.39, 0.29) is 30.6 Å². The van der Waals surface area contributed by atoms with Crippen LogP contribution in [0.4, 0.5) is 11.4 Å². The third-order valence-corrected chi connectivity index (χ3v) is 4.77. The summed E-state index contributed by atoms with van der Waals surface area (Å²) in [4.78, 5) is 37.5. The zero-order valence-electron chi connectivity index (χ0n) is 12.3. The van der Waals surface area contributed by atoms with Crippen LogP contribution in [0.3, 0.4) is 0 Å². The molecular weight excluding hydrogens is 336 g/mol. The van der Waals surface area contributed by atoms with Gasteiger partial charge in [-0.05, 0) is 42.8 Å². The van der Waals surface area contributed by atoms with Gasteiger partial charge in [0.25, 0.3) is 5.91 Å². The minimum Gasteiger partial charge on any atom is -0.321 e. The third kappa shape index (κ3) is 3.13. The van der Waals surface area contributed by atoms with Crippen molar-refractivity contribution in [2.24, 2.45) is 0 Å². The quantitative estimate of drug-likeness (QED) is 0.861. The van der Waals surface area contributed by atoms with Crippen molar-refractivity contribution in [2.45, 2.75) is 19.8 Å². The first-order chi connectivity index (χ1) is 11.0. The molecule has 7 heteroatoms. The summed E-state index contributed by atoms with van der Waals surface area (Å²) in [6.45, 7) is 1.80. The van der Waals surface area contributed by atoms with Crippen LogP contribution in [0.15, 0.2) is 30.3 Å². The van der Waals surface area contributed by atoms with Crippen LogP contribution >= 0.6 is 22.9 Å². The maximum atomic E-state index is 12.1. The number of hydrogen-bond donors (Lipinski definition) is 1. The van der Waals surface area contributed by atoms with E-state index in [1.165, 1.54) is 16.2 Å². The minimum absolute atomic E-state index is 0.192. The van der Waals surface area contributed by atoms with Crippen molar-refractivity contribution in [3.8, 4) is 0 Å². The lowest BCUT2D eigenvalue weighted by atomic mass is 10.1. The number of thiophene rings is 1. The molecule has 0 bridgehead atoms. The van der Waals surface area contributed by atoms with E-state index in [9.17, 15) is 14.4 Å². The molecule has 1 aliphatic heterocycles. The molecule has 23 heavy (non-hydrogen) atoms. The number of benzene rings is 1. The van der Waals surface area contributed by atoms with E-state index in [0.717, 1.165) is 5.56 Å². The highest BCUT2D eigenvalue weighted by atomic mass is 35.5. The number of carbonyl (C=O) groups is 3. The molecule has 1 aromatic heterocycles. The number of halogens is 1. The van der Waals surface area contributed by atoms with Crippen molar-refractivity contribution in [3.63, 3.8) is 0 Å². The van der Waals surface area contributed by atoms with Gasteiger partial charge in [-0.25, -0.2) is 0 Å². The van der Waals surface area contributed by atoms with Gasteiger partial charge in [0, 0.05) is 18.5 Å². The van der Waals surface area contributed by atoms with Crippen molar-refractivity contribution in [2.75, 3.05) is 10.2 Å². The van der Waals surface area contributed by atoms with E-state index in [1.54, 1.807) is 37.3 Å². The lowest BCUT2D eigenvalue weighted by molar-refractivity contribution is -0.121.